The van der Waals surface area contributed by atoms with Crippen molar-refractivity contribution >= 4 is 0 Å². The molecule has 3 rings (SSSR count). The van der Waals surface area contributed by atoms with Crippen LogP contribution in [0, 0.1) is 6.92 Å². The largest absolute Gasteiger partial charge is 0.573 e. The van der Waals surface area contributed by atoms with Crippen molar-refractivity contribution in [1.29, 1.82) is 0 Å². The van der Waals surface area contributed by atoms with Gasteiger partial charge in [-0.25, -0.2) is 0 Å². The molecule has 0 saturated carbocycles. The van der Waals surface area contributed by atoms with Crippen molar-refractivity contribution in [2.45, 2.75) is 19.3 Å². The van der Waals surface area contributed by atoms with Crippen LogP contribution in [0.1, 0.15) is 23.0 Å². The van der Waals surface area contributed by atoms with Crippen molar-refractivity contribution in [2.24, 2.45) is 0 Å². The van der Waals surface area contributed by atoms with Crippen LogP contribution in [0.25, 0.3) is 0 Å². The molecule has 2 heterocycles. The van der Waals surface area contributed by atoms with Crippen molar-refractivity contribution in [2.75, 3.05) is 26.2 Å². The molecule has 1 aromatic carbocycles. The van der Waals surface area contributed by atoms with Gasteiger partial charge in [0.25, 0.3) is 0 Å². The molecule has 25 heavy (non-hydrogen) atoms. The first-order valence-corrected chi connectivity index (χ1v) is 8.16. The fourth-order valence-electron chi connectivity index (χ4n) is 3.08. The maximum Gasteiger partial charge on any atom is 0.573 e. The number of alkyl halides is 3. The second kappa shape index (κ2) is 7.41. The van der Waals surface area contributed by atoms with Gasteiger partial charge in [-0.3, -0.25) is 9.88 Å². The molecule has 1 N–H and O–H groups in total. The lowest BCUT2D eigenvalue weighted by molar-refractivity contribution is -0.274. The van der Waals surface area contributed by atoms with Crippen LogP contribution < -0.4 is 10.1 Å². The minimum atomic E-state index is -4.68. The van der Waals surface area contributed by atoms with Gasteiger partial charge >= 0.3 is 6.36 Å². The van der Waals surface area contributed by atoms with E-state index in [0.29, 0.717) is 0 Å². The molecule has 1 atom stereocenters. The monoisotopic (exact) mass is 351 g/mol. The molecule has 2 aromatic rings. The number of aromatic nitrogens is 1. The fourth-order valence-corrected chi connectivity index (χ4v) is 3.08. The summed E-state index contributed by atoms with van der Waals surface area (Å²) in [6, 6.07) is 11.8. The van der Waals surface area contributed by atoms with E-state index in [4.69, 9.17) is 0 Å². The molecular formula is C18H20F3N3O. The summed E-state index contributed by atoms with van der Waals surface area (Å²) in [6.45, 7) is 5.37. The maximum absolute atomic E-state index is 12.4. The Hall–Kier alpha value is -2.12. The van der Waals surface area contributed by atoms with Crippen LogP contribution in [-0.4, -0.2) is 42.4 Å². The highest BCUT2D eigenvalue weighted by atomic mass is 19.4. The van der Waals surface area contributed by atoms with Gasteiger partial charge in [-0.15, -0.1) is 13.2 Å². The lowest BCUT2D eigenvalue weighted by Gasteiger charge is -2.35. The minimum Gasteiger partial charge on any atom is -0.406 e. The van der Waals surface area contributed by atoms with E-state index < -0.39 is 6.36 Å². The molecule has 0 aliphatic carbocycles. The number of hydrogen-bond acceptors (Lipinski definition) is 4. The number of piperazine rings is 1. The van der Waals surface area contributed by atoms with Gasteiger partial charge in [0.1, 0.15) is 5.75 Å². The summed E-state index contributed by atoms with van der Waals surface area (Å²) in [4.78, 5) is 6.92. The number of rotatable bonds is 4. The lowest BCUT2D eigenvalue weighted by atomic mass is 10.00. The highest BCUT2D eigenvalue weighted by molar-refractivity contribution is 5.34. The first-order valence-electron chi connectivity index (χ1n) is 8.16. The summed E-state index contributed by atoms with van der Waals surface area (Å²) >= 11 is 0. The normalized spacial score (nSPS) is 17.3. The third kappa shape index (κ3) is 4.70. The zero-order chi connectivity index (χ0) is 17.9. The molecule has 0 unspecified atom stereocenters. The Balaban J connectivity index is 1.91. The van der Waals surface area contributed by atoms with E-state index in [1.54, 1.807) is 12.1 Å². The van der Waals surface area contributed by atoms with Crippen molar-refractivity contribution in [3.8, 4) is 5.75 Å². The predicted molar refractivity (Wildman–Crippen MR) is 88.4 cm³/mol. The summed E-state index contributed by atoms with van der Waals surface area (Å²) in [5, 5.41) is 3.31. The molecule has 4 nitrogen and oxygen atoms in total. The first-order chi connectivity index (χ1) is 11.9. The van der Waals surface area contributed by atoms with E-state index >= 15 is 0 Å². The Labute approximate surface area is 144 Å². The van der Waals surface area contributed by atoms with Gasteiger partial charge in [0.05, 0.1) is 11.7 Å². The third-order valence-corrected chi connectivity index (χ3v) is 4.14. The van der Waals surface area contributed by atoms with Gasteiger partial charge in [0, 0.05) is 31.9 Å². The molecule has 1 aromatic heterocycles. The molecule has 0 spiro atoms. The van der Waals surface area contributed by atoms with Crippen LogP contribution >= 0.6 is 0 Å². The predicted octanol–water partition coefficient (Wildman–Crippen LogP) is 3.28. The van der Waals surface area contributed by atoms with E-state index in [1.165, 1.54) is 12.1 Å². The summed E-state index contributed by atoms with van der Waals surface area (Å²) in [5.74, 6) is -0.215. The molecule has 1 aliphatic heterocycles. The van der Waals surface area contributed by atoms with Crippen molar-refractivity contribution in [3.63, 3.8) is 0 Å². The van der Waals surface area contributed by atoms with Crippen LogP contribution in [0.4, 0.5) is 13.2 Å². The van der Waals surface area contributed by atoms with E-state index in [-0.39, 0.29) is 11.8 Å². The highest BCUT2D eigenvalue weighted by Crippen LogP contribution is 2.30. The number of hydrogen-bond donors (Lipinski definition) is 1. The molecular weight excluding hydrogens is 331 g/mol. The van der Waals surface area contributed by atoms with Gasteiger partial charge in [-0.1, -0.05) is 18.2 Å². The Morgan fingerprint density at radius 3 is 2.36 bits per heavy atom. The van der Waals surface area contributed by atoms with Crippen LogP contribution in [-0.2, 0) is 0 Å². The van der Waals surface area contributed by atoms with Gasteiger partial charge in [-0.2, -0.15) is 0 Å². The van der Waals surface area contributed by atoms with Gasteiger partial charge in [0.2, 0.25) is 0 Å². The zero-order valence-corrected chi connectivity index (χ0v) is 13.9. The summed E-state index contributed by atoms with van der Waals surface area (Å²) in [6.07, 6.45) is -4.68. The van der Waals surface area contributed by atoms with Crippen molar-refractivity contribution < 1.29 is 17.9 Å². The van der Waals surface area contributed by atoms with E-state index in [1.807, 2.05) is 25.1 Å². The first kappa shape index (κ1) is 17.7. The van der Waals surface area contributed by atoms with Crippen LogP contribution in [0.2, 0.25) is 0 Å². The number of pyridine rings is 1. The summed E-state index contributed by atoms with van der Waals surface area (Å²) < 4.78 is 41.0. The number of nitrogens with zero attached hydrogens (tertiary/aromatic N) is 2. The summed E-state index contributed by atoms with van der Waals surface area (Å²) in [7, 11) is 0. The average molecular weight is 351 g/mol. The smallest absolute Gasteiger partial charge is 0.406 e. The topological polar surface area (TPSA) is 37.4 Å². The number of aryl methyl sites for hydroxylation is 1. The molecule has 7 heteroatoms. The quantitative estimate of drug-likeness (QED) is 0.917. The molecule has 1 fully saturated rings. The van der Waals surface area contributed by atoms with Crippen LogP contribution in [0.3, 0.4) is 0 Å². The van der Waals surface area contributed by atoms with Gasteiger partial charge in [-0.05, 0) is 36.8 Å². The Bertz CT molecular complexity index is 697. The SMILES string of the molecule is Cc1cccc([C@H](c2ccc(OC(F)(F)F)cc2)N2CCNCC2)n1. The molecule has 134 valence electrons. The Morgan fingerprint density at radius 2 is 1.76 bits per heavy atom. The molecule has 1 saturated heterocycles. The summed E-state index contributed by atoms with van der Waals surface area (Å²) in [5.41, 5.74) is 2.70. The van der Waals surface area contributed by atoms with E-state index in [2.05, 4.69) is 19.9 Å². The fraction of sp³-hybridized carbons (Fsp3) is 0.389. The maximum atomic E-state index is 12.4. The van der Waals surface area contributed by atoms with Gasteiger partial charge < -0.3 is 10.1 Å². The van der Waals surface area contributed by atoms with Crippen LogP contribution in [0.15, 0.2) is 42.5 Å². The molecule has 0 bridgehead atoms. The zero-order valence-electron chi connectivity index (χ0n) is 13.9. The Kier molecular flexibility index (Phi) is 5.24. The minimum absolute atomic E-state index is 0.0954. The molecule has 1 aliphatic rings. The van der Waals surface area contributed by atoms with Crippen LogP contribution in [0.5, 0.6) is 5.75 Å². The van der Waals surface area contributed by atoms with E-state index in [0.717, 1.165) is 43.1 Å². The van der Waals surface area contributed by atoms with Crippen molar-refractivity contribution in [3.05, 3.63) is 59.4 Å². The third-order valence-electron chi connectivity index (χ3n) is 4.14. The van der Waals surface area contributed by atoms with Gasteiger partial charge in [0.15, 0.2) is 0 Å². The second-order valence-corrected chi connectivity index (χ2v) is 6.01. The highest BCUT2D eigenvalue weighted by Gasteiger charge is 2.31. The molecule has 0 radical (unpaired) electrons. The number of ether oxygens (including phenoxy) is 1. The number of nitrogens with one attached hydrogen (secondary N) is 1. The van der Waals surface area contributed by atoms with Crippen molar-refractivity contribution in [1.82, 2.24) is 15.2 Å². The number of halogens is 3. The number of benzene rings is 1. The molecule has 0 amide bonds. The standard InChI is InChI=1S/C18H20F3N3O/c1-13-3-2-4-16(23-13)17(24-11-9-22-10-12-24)14-5-7-15(8-6-14)25-18(19,20)21/h2-8,17,22H,9-12H2,1H3/t17-/m0/s1. The second-order valence-electron chi connectivity index (χ2n) is 6.01. The Morgan fingerprint density at radius 1 is 1.08 bits per heavy atom. The van der Waals surface area contributed by atoms with E-state index in [9.17, 15) is 13.2 Å². The average Bonchev–Trinajstić information content (AvgIpc) is 2.56. The lowest BCUT2D eigenvalue weighted by Crippen LogP contribution is -2.45.